The molecule has 0 fully saturated rings. The molecule has 0 aliphatic rings. The predicted octanol–water partition coefficient (Wildman–Crippen LogP) is 2.56. The number of Topliss-reactive ketones (excluding diaryl/α,β-unsaturated/α-hetero) is 1. The van der Waals surface area contributed by atoms with Crippen molar-refractivity contribution in [3.63, 3.8) is 0 Å². The van der Waals surface area contributed by atoms with Gasteiger partial charge in [-0.3, -0.25) is 4.79 Å². The largest absolute Gasteiger partial charge is 0.294 e. The highest BCUT2D eigenvalue weighted by Gasteiger charge is 2.25. The van der Waals surface area contributed by atoms with Gasteiger partial charge < -0.3 is 0 Å². The molecule has 2 aromatic rings. The molecule has 2 rings (SSSR count). The topological polar surface area (TPSA) is 69.0 Å². The van der Waals surface area contributed by atoms with Crippen LogP contribution in [0.4, 0.5) is 0 Å². The lowest BCUT2D eigenvalue weighted by atomic mass is 10.1. The van der Waals surface area contributed by atoms with E-state index in [-0.39, 0.29) is 10.7 Å². The number of aromatic nitrogens is 2. The monoisotopic (exact) mass is 306 g/mol. The molecular weight excluding hydrogens is 288 g/mol. The molecule has 0 N–H and O–H groups in total. The Kier molecular flexibility index (Phi) is 3.76. The highest BCUT2D eigenvalue weighted by Crippen LogP contribution is 2.22. The van der Waals surface area contributed by atoms with Crippen LogP contribution in [0.25, 0.3) is 0 Å². The second-order valence-corrected chi connectivity index (χ2v) is 6.96. The van der Waals surface area contributed by atoms with Gasteiger partial charge in [0.05, 0.1) is 21.8 Å². The lowest BCUT2D eigenvalue weighted by Crippen LogP contribution is -2.16. The zero-order chi connectivity index (χ0) is 15.9. The molecule has 21 heavy (non-hydrogen) atoms. The van der Waals surface area contributed by atoms with Crippen LogP contribution < -0.4 is 0 Å². The minimum absolute atomic E-state index is 0.173. The van der Waals surface area contributed by atoms with Crippen molar-refractivity contribution < 1.29 is 13.2 Å². The van der Waals surface area contributed by atoms with E-state index in [1.54, 1.807) is 32.0 Å². The van der Waals surface area contributed by atoms with Gasteiger partial charge in [-0.05, 0) is 57.9 Å². The molecular formula is C15H18N2O3S. The molecule has 0 spiro atoms. The van der Waals surface area contributed by atoms with Crippen LogP contribution in [0, 0.1) is 27.7 Å². The molecule has 0 aliphatic heterocycles. The molecule has 112 valence electrons. The van der Waals surface area contributed by atoms with E-state index >= 15 is 0 Å². The van der Waals surface area contributed by atoms with E-state index in [0.29, 0.717) is 17.0 Å². The maximum Gasteiger partial charge on any atom is 0.283 e. The Morgan fingerprint density at radius 1 is 1.10 bits per heavy atom. The molecule has 5 nitrogen and oxygen atoms in total. The summed E-state index contributed by atoms with van der Waals surface area (Å²) in [6.07, 6.45) is 0. The first-order valence-corrected chi connectivity index (χ1v) is 8.00. The van der Waals surface area contributed by atoms with Crippen molar-refractivity contribution in [1.82, 2.24) is 9.19 Å². The Morgan fingerprint density at radius 2 is 1.71 bits per heavy atom. The Bertz CT molecular complexity index is 833. The van der Waals surface area contributed by atoms with Crippen molar-refractivity contribution >= 4 is 15.8 Å². The molecule has 1 aromatic heterocycles. The van der Waals surface area contributed by atoms with Crippen molar-refractivity contribution in [3.8, 4) is 0 Å². The van der Waals surface area contributed by atoms with Gasteiger partial charge in [-0.25, -0.2) is 0 Å². The molecule has 6 heteroatoms. The smallest absolute Gasteiger partial charge is 0.283 e. The summed E-state index contributed by atoms with van der Waals surface area (Å²) >= 11 is 0. The number of rotatable bonds is 3. The number of nitrogens with zero attached hydrogens (tertiary/aromatic N) is 2. The highest BCUT2D eigenvalue weighted by molar-refractivity contribution is 7.89. The summed E-state index contributed by atoms with van der Waals surface area (Å²) in [6.45, 7) is 8.41. The summed E-state index contributed by atoms with van der Waals surface area (Å²) in [5.41, 5.74) is 3.05. The van der Waals surface area contributed by atoms with Gasteiger partial charge in [-0.1, -0.05) is 6.07 Å². The zero-order valence-corrected chi connectivity index (χ0v) is 13.6. The molecule has 1 aromatic carbocycles. The summed E-state index contributed by atoms with van der Waals surface area (Å²) in [4.78, 5) is 11.8. The van der Waals surface area contributed by atoms with E-state index in [1.165, 1.54) is 6.92 Å². The number of aryl methyl sites for hydroxylation is 3. The van der Waals surface area contributed by atoms with E-state index < -0.39 is 10.0 Å². The van der Waals surface area contributed by atoms with Crippen molar-refractivity contribution in [1.29, 1.82) is 0 Å². The van der Waals surface area contributed by atoms with Crippen molar-refractivity contribution in [3.05, 3.63) is 46.3 Å². The number of carbonyl (C=O) groups excluding carboxylic acids is 1. The lowest BCUT2D eigenvalue weighted by molar-refractivity contribution is 0.101. The van der Waals surface area contributed by atoms with Gasteiger partial charge >= 0.3 is 0 Å². The Hall–Kier alpha value is -1.95. The van der Waals surface area contributed by atoms with E-state index in [2.05, 4.69) is 5.10 Å². The summed E-state index contributed by atoms with van der Waals surface area (Å²) in [6, 6.07) is 4.94. The summed E-state index contributed by atoms with van der Waals surface area (Å²) in [5, 5.41) is 4.04. The van der Waals surface area contributed by atoms with Crippen LogP contribution in [0.5, 0.6) is 0 Å². The maximum atomic E-state index is 12.7. The van der Waals surface area contributed by atoms with Gasteiger partial charge in [0.25, 0.3) is 10.0 Å². The quantitative estimate of drug-likeness (QED) is 0.817. The minimum atomic E-state index is -3.79. The highest BCUT2D eigenvalue weighted by atomic mass is 32.2. The minimum Gasteiger partial charge on any atom is -0.294 e. The fourth-order valence-electron chi connectivity index (χ4n) is 2.34. The molecule has 0 atom stereocenters. The summed E-state index contributed by atoms with van der Waals surface area (Å²) in [5.74, 6) is -0.188. The standard InChI is InChI=1S/C15H18N2O3S/c1-9-6-7-14(8-10(9)2)21(19,20)17-12(4)15(13(5)18)11(3)16-17/h6-8H,1-5H3. The number of hydrogen-bond acceptors (Lipinski definition) is 4. The van der Waals surface area contributed by atoms with Crippen LogP contribution in [-0.2, 0) is 10.0 Å². The van der Waals surface area contributed by atoms with Crippen LogP contribution in [0.2, 0.25) is 0 Å². The Balaban J connectivity index is 2.67. The first-order chi connectivity index (χ1) is 9.66. The summed E-state index contributed by atoms with van der Waals surface area (Å²) in [7, 11) is -3.79. The van der Waals surface area contributed by atoms with Crippen LogP contribution in [0.3, 0.4) is 0 Å². The first-order valence-electron chi connectivity index (χ1n) is 6.56. The second-order valence-electron chi connectivity index (χ2n) is 5.20. The van der Waals surface area contributed by atoms with Gasteiger partial charge in [0.15, 0.2) is 5.78 Å². The Morgan fingerprint density at radius 3 is 2.19 bits per heavy atom. The lowest BCUT2D eigenvalue weighted by Gasteiger charge is -2.09. The fourth-order valence-corrected chi connectivity index (χ4v) is 3.78. The van der Waals surface area contributed by atoms with Crippen molar-refractivity contribution in [2.24, 2.45) is 0 Å². The zero-order valence-electron chi connectivity index (χ0n) is 12.8. The molecule has 1 heterocycles. The van der Waals surface area contributed by atoms with Crippen LogP contribution >= 0.6 is 0 Å². The van der Waals surface area contributed by atoms with Gasteiger partial charge in [0, 0.05) is 0 Å². The fraction of sp³-hybridized carbons (Fsp3) is 0.333. The van der Waals surface area contributed by atoms with Crippen LogP contribution in [-0.4, -0.2) is 23.4 Å². The first kappa shape index (κ1) is 15.4. The number of benzene rings is 1. The molecule has 0 unspecified atom stereocenters. The van der Waals surface area contributed by atoms with Crippen molar-refractivity contribution in [2.75, 3.05) is 0 Å². The average molecular weight is 306 g/mol. The SMILES string of the molecule is CC(=O)c1c(C)nn(S(=O)(=O)c2ccc(C)c(C)c2)c1C. The van der Waals surface area contributed by atoms with E-state index in [1.807, 2.05) is 13.8 Å². The van der Waals surface area contributed by atoms with E-state index in [9.17, 15) is 13.2 Å². The number of carbonyl (C=O) groups is 1. The normalized spacial score (nSPS) is 11.7. The molecule has 0 aliphatic carbocycles. The molecule has 0 saturated carbocycles. The second kappa shape index (κ2) is 5.11. The summed E-state index contributed by atoms with van der Waals surface area (Å²) < 4.78 is 26.3. The number of hydrogen-bond donors (Lipinski definition) is 0. The molecule has 0 amide bonds. The predicted molar refractivity (Wildman–Crippen MR) is 80.2 cm³/mol. The number of ketones is 1. The molecule has 0 saturated heterocycles. The third-order valence-electron chi connectivity index (χ3n) is 3.61. The molecule has 0 radical (unpaired) electrons. The van der Waals surface area contributed by atoms with Gasteiger partial charge in [-0.15, -0.1) is 0 Å². The third kappa shape index (κ3) is 2.51. The average Bonchev–Trinajstić information content (AvgIpc) is 2.68. The van der Waals surface area contributed by atoms with Gasteiger partial charge in [0.1, 0.15) is 0 Å². The van der Waals surface area contributed by atoms with E-state index in [4.69, 9.17) is 0 Å². The van der Waals surface area contributed by atoms with Crippen LogP contribution in [0.15, 0.2) is 23.1 Å². The Labute approximate surface area is 124 Å². The maximum absolute atomic E-state index is 12.7. The van der Waals surface area contributed by atoms with E-state index in [0.717, 1.165) is 15.2 Å². The van der Waals surface area contributed by atoms with Crippen LogP contribution in [0.1, 0.15) is 39.8 Å². The molecule has 0 bridgehead atoms. The van der Waals surface area contributed by atoms with Crippen molar-refractivity contribution in [2.45, 2.75) is 39.5 Å². The third-order valence-corrected chi connectivity index (χ3v) is 5.27. The van der Waals surface area contributed by atoms with Gasteiger partial charge in [-0.2, -0.15) is 17.6 Å². The van der Waals surface area contributed by atoms with Gasteiger partial charge in [0.2, 0.25) is 0 Å².